The van der Waals surface area contributed by atoms with Crippen LogP contribution in [0.5, 0.6) is 0 Å². The molecule has 0 radical (unpaired) electrons. The van der Waals surface area contributed by atoms with Gasteiger partial charge in [0.15, 0.2) is 0 Å². The molecule has 0 fully saturated rings. The third kappa shape index (κ3) is 4.03. The molecule has 1 unspecified atom stereocenters. The molecule has 0 heterocycles. The Morgan fingerprint density at radius 1 is 1.90 bits per heavy atom. The lowest BCUT2D eigenvalue weighted by Gasteiger charge is -2.09. The van der Waals surface area contributed by atoms with Crippen molar-refractivity contribution in [3.8, 4) is 0 Å². The van der Waals surface area contributed by atoms with Crippen LogP contribution in [0, 0.1) is 0 Å². The van der Waals surface area contributed by atoms with Crippen LogP contribution in [0.3, 0.4) is 0 Å². The number of rotatable bonds is 5. The van der Waals surface area contributed by atoms with Crippen LogP contribution in [0.1, 0.15) is 6.42 Å². The van der Waals surface area contributed by atoms with E-state index < -0.39 is 12.0 Å². The number of nitrogens with one attached hydrogen (secondary N) is 1. The molecule has 0 aromatic carbocycles. The summed E-state index contributed by atoms with van der Waals surface area (Å²) in [7, 11) is 0. The Hall–Kier alpha value is 0.130. The first-order chi connectivity index (χ1) is 4.72. The molecule has 10 heavy (non-hydrogen) atoms. The number of hydrogen-bond donors (Lipinski definition) is 3. The second kappa shape index (κ2) is 5.88. The Labute approximate surface area is 70.1 Å². The van der Waals surface area contributed by atoms with Gasteiger partial charge in [0, 0.05) is 0 Å². The van der Waals surface area contributed by atoms with Crippen molar-refractivity contribution in [1.82, 2.24) is 4.72 Å². The fraction of sp³-hybridized carbons (Fsp3) is 0.800. The van der Waals surface area contributed by atoms with Gasteiger partial charge >= 0.3 is 5.97 Å². The van der Waals surface area contributed by atoms with E-state index in [-0.39, 0.29) is 0 Å². The maximum Gasteiger partial charge on any atom is 0.321 e. The lowest BCUT2D eigenvalue weighted by Crippen LogP contribution is -2.32. The quantitative estimate of drug-likeness (QED) is 0.430. The molecule has 0 aromatic heterocycles. The van der Waals surface area contributed by atoms with Gasteiger partial charge in [0.05, 0.1) is 0 Å². The van der Waals surface area contributed by atoms with Crippen LogP contribution in [0.2, 0.25) is 0 Å². The van der Waals surface area contributed by atoms with Crippen LogP contribution in [0.25, 0.3) is 0 Å². The van der Waals surface area contributed by atoms with E-state index in [1.807, 2.05) is 0 Å². The van der Waals surface area contributed by atoms with E-state index in [2.05, 4.69) is 17.4 Å². The third-order valence-electron chi connectivity index (χ3n) is 0.976. The summed E-state index contributed by atoms with van der Waals surface area (Å²) in [6.07, 6.45) is 2.35. The highest BCUT2D eigenvalue weighted by Crippen LogP contribution is 1.98. The zero-order chi connectivity index (χ0) is 7.98. The van der Waals surface area contributed by atoms with E-state index >= 15 is 0 Å². The average molecular weight is 181 g/mol. The molecule has 1 atom stereocenters. The summed E-state index contributed by atoms with van der Waals surface area (Å²) in [4.78, 5) is 10.4. The van der Waals surface area contributed by atoms with Gasteiger partial charge in [0.2, 0.25) is 0 Å². The number of aliphatic carboxylic acids is 1. The molecule has 0 aromatic rings. The van der Waals surface area contributed by atoms with Crippen molar-refractivity contribution < 1.29 is 9.90 Å². The average Bonchev–Trinajstić information content (AvgIpc) is 1.87. The standard InChI is InChI=1S/C5H11NO2S2/c1-10-6-4(2-3-9)5(7)8/h4,6,9H,2-3H2,1H3,(H,7,8). The third-order valence-corrected chi connectivity index (χ3v) is 1.75. The van der Waals surface area contributed by atoms with Crippen molar-refractivity contribution in [3.63, 3.8) is 0 Å². The van der Waals surface area contributed by atoms with Gasteiger partial charge in [-0.2, -0.15) is 12.6 Å². The first-order valence-electron chi connectivity index (χ1n) is 2.84. The van der Waals surface area contributed by atoms with Crippen molar-refractivity contribution in [2.45, 2.75) is 12.5 Å². The van der Waals surface area contributed by atoms with Crippen LogP contribution < -0.4 is 4.72 Å². The Morgan fingerprint density at radius 2 is 2.50 bits per heavy atom. The molecule has 0 rings (SSSR count). The second-order valence-corrected chi connectivity index (χ2v) is 2.82. The summed E-state index contributed by atoms with van der Waals surface area (Å²) in [5.41, 5.74) is 0. The number of hydrogen-bond acceptors (Lipinski definition) is 4. The maximum atomic E-state index is 10.4. The molecule has 0 saturated heterocycles. The smallest absolute Gasteiger partial charge is 0.321 e. The van der Waals surface area contributed by atoms with Gasteiger partial charge in [-0.05, 0) is 18.4 Å². The minimum absolute atomic E-state index is 0.465. The highest BCUT2D eigenvalue weighted by molar-refractivity contribution is 7.96. The normalized spacial score (nSPS) is 13.0. The van der Waals surface area contributed by atoms with Gasteiger partial charge in [-0.25, -0.2) is 0 Å². The van der Waals surface area contributed by atoms with E-state index in [0.717, 1.165) is 0 Å². The maximum absolute atomic E-state index is 10.4. The van der Waals surface area contributed by atoms with Crippen LogP contribution in [0.4, 0.5) is 0 Å². The first-order valence-corrected chi connectivity index (χ1v) is 4.70. The van der Waals surface area contributed by atoms with Gasteiger partial charge in [-0.3, -0.25) is 9.52 Å². The van der Waals surface area contributed by atoms with Gasteiger partial charge in [0.25, 0.3) is 0 Å². The van der Waals surface area contributed by atoms with Crippen molar-refractivity contribution >= 4 is 30.5 Å². The summed E-state index contributed by atoms with van der Waals surface area (Å²) in [5, 5.41) is 8.53. The number of thiol groups is 1. The van der Waals surface area contributed by atoms with Gasteiger partial charge in [0.1, 0.15) is 6.04 Å². The zero-order valence-electron chi connectivity index (χ0n) is 5.70. The summed E-state index contributed by atoms with van der Waals surface area (Å²) in [6, 6.07) is -0.465. The topological polar surface area (TPSA) is 49.3 Å². The molecule has 0 aliphatic rings. The summed E-state index contributed by atoms with van der Waals surface area (Å²) in [6.45, 7) is 0. The molecule has 60 valence electrons. The molecule has 0 bridgehead atoms. The fourth-order valence-corrected chi connectivity index (χ4v) is 1.27. The lowest BCUT2D eigenvalue weighted by molar-refractivity contribution is -0.138. The van der Waals surface area contributed by atoms with E-state index in [9.17, 15) is 4.79 Å². The minimum atomic E-state index is -0.816. The molecule has 2 N–H and O–H groups in total. The molecular weight excluding hydrogens is 170 g/mol. The minimum Gasteiger partial charge on any atom is -0.480 e. The van der Waals surface area contributed by atoms with Crippen molar-refractivity contribution in [3.05, 3.63) is 0 Å². The SMILES string of the molecule is CSNC(CCS)C(=O)O. The van der Waals surface area contributed by atoms with Gasteiger partial charge in [-0.15, -0.1) is 0 Å². The van der Waals surface area contributed by atoms with Crippen molar-refractivity contribution in [2.75, 3.05) is 12.0 Å². The van der Waals surface area contributed by atoms with Crippen LogP contribution in [-0.4, -0.2) is 29.1 Å². The first kappa shape index (κ1) is 10.1. The summed E-state index contributed by atoms with van der Waals surface area (Å²) in [5.74, 6) is -0.228. The molecular formula is C5H11NO2S2. The monoisotopic (exact) mass is 181 g/mol. The Morgan fingerprint density at radius 3 is 2.80 bits per heavy atom. The van der Waals surface area contributed by atoms with Crippen molar-refractivity contribution in [1.29, 1.82) is 0 Å². The molecule has 3 nitrogen and oxygen atoms in total. The largest absolute Gasteiger partial charge is 0.480 e. The molecule has 0 aliphatic heterocycles. The number of carboxylic acid groups (broad SMARTS) is 1. The summed E-state index contributed by atoms with van der Waals surface area (Å²) >= 11 is 5.25. The van der Waals surface area contributed by atoms with Crippen molar-refractivity contribution in [2.24, 2.45) is 0 Å². The van der Waals surface area contributed by atoms with Gasteiger partial charge in [-0.1, -0.05) is 11.9 Å². The number of carbonyl (C=O) groups is 1. The molecule has 5 heteroatoms. The predicted molar refractivity (Wildman–Crippen MR) is 46.5 cm³/mol. The van der Waals surface area contributed by atoms with E-state index in [1.54, 1.807) is 6.26 Å². The van der Waals surface area contributed by atoms with Crippen LogP contribution in [-0.2, 0) is 4.79 Å². The highest BCUT2D eigenvalue weighted by atomic mass is 32.2. The van der Waals surface area contributed by atoms with E-state index in [0.29, 0.717) is 12.2 Å². The Balaban J connectivity index is 3.61. The molecule has 0 amide bonds. The Kier molecular flexibility index (Phi) is 5.96. The molecule has 0 spiro atoms. The van der Waals surface area contributed by atoms with E-state index in [1.165, 1.54) is 11.9 Å². The second-order valence-electron chi connectivity index (χ2n) is 1.73. The summed E-state index contributed by atoms with van der Waals surface area (Å²) < 4.78 is 2.75. The van der Waals surface area contributed by atoms with E-state index in [4.69, 9.17) is 5.11 Å². The highest BCUT2D eigenvalue weighted by Gasteiger charge is 2.13. The fourth-order valence-electron chi connectivity index (χ4n) is 0.504. The predicted octanol–water partition coefficient (Wildman–Crippen LogP) is 0.627. The van der Waals surface area contributed by atoms with Crippen LogP contribution >= 0.6 is 24.6 Å². The van der Waals surface area contributed by atoms with Gasteiger partial charge < -0.3 is 5.11 Å². The van der Waals surface area contributed by atoms with Crippen LogP contribution in [0.15, 0.2) is 0 Å². The molecule has 0 aliphatic carbocycles. The number of carboxylic acids is 1. The lowest BCUT2D eigenvalue weighted by atomic mass is 10.2. The Bertz CT molecular complexity index is 104. The molecule has 0 saturated carbocycles. The zero-order valence-corrected chi connectivity index (χ0v) is 7.41.